The molecule has 5 nitrogen and oxygen atoms in total. The Morgan fingerprint density at radius 3 is 2.81 bits per heavy atom. The highest BCUT2D eigenvalue weighted by Gasteiger charge is 2.22. The Morgan fingerprint density at radius 2 is 2.19 bits per heavy atom. The van der Waals surface area contributed by atoms with E-state index < -0.39 is 10.0 Å². The highest BCUT2D eigenvalue weighted by molar-refractivity contribution is 7.89. The van der Waals surface area contributed by atoms with Crippen LogP contribution in [0.25, 0.3) is 0 Å². The maximum atomic E-state index is 11.6. The molecule has 0 aromatic carbocycles. The Hall–Kier alpha value is -0.170. The van der Waals surface area contributed by atoms with Crippen LogP contribution >= 0.6 is 0 Å². The zero-order valence-electron chi connectivity index (χ0n) is 9.87. The van der Waals surface area contributed by atoms with Gasteiger partial charge in [-0.25, -0.2) is 13.1 Å². The molecule has 2 N–H and O–H groups in total. The summed E-state index contributed by atoms with van der Waals surface area (Å²) in [4.78, 5) is 0. The third-order valence-electron chi connectivity index (χ3n) is 2.53. The summed E-state index contributed by atoms with van der Waals surface area (Å²) in [5.74, 6) is 0.105. The molecule has 0 aromatic heterocycles. The van der Waals surface area contributed by atoms with Gasteiger partial charge in [0.15, 0.2) is 0 Å². The lowest BCUT2D eigenvalue weighted by atomic mass is 10.3. The van der Waals surface area contributed by atoms with Crippen molar-refractivity contribution >= 4 is 10.0 Å². The molecular formula is C10H22N2O3S. The highest BCUT2D eigenvalue weighted by Crippen LogP contribution is 2.13. The molecule has 16 heavy (non-hydrogen) atoms. The molecule has 0 saturated carbocycles. The zero-order chi connectivity index (χ0) is 11.9. The average molecular weight is 250 g/mol. The Morgan fingerprint density at radius 1 is 1.38 bits per heavy atom. The normalized spacial score (nSPS) is 21.4. The summed E-state index contributed by atoms with van der Waals surface area (Å²) in [6, 6.07) is 0. The average Bonchev–Trinajstić information content (AvgIpc) is 2.69. The van der Waals surface area contributed by atoms with Crippen LogP contribution in [-0.2, 0) is 14.8 Å². The minimum Gasteiger partial charge on any atom is -0.377 e. The standard InChI is InChI=1S/C10H22N2O3S/c1-2-11-6-4-7-12-16(13,14)9-10-5-3-8-15-10/h10-12H,2-9H2,1H3. The SMILES string of the molecule is CCNCCCNS(=O)(=O)CC1CCCO1. The van der Waals surface area contributed by atoms with E-state index in [9.17, 15) is 8.42 Å². The summed E-state index contributed by atoms with van der Waals surface area (Å²) in [5.41, 5.74) is 0. The van der Waals surface area contributed by atoms with Crippen molar-refractivity contribution in [3.63, 3.8) is 0 Å². The molecule has 0 radical (unpaired) electrons. The van der Waals surface area contributed by atoms with Crippen molar-refractivity contribution in [3.05, 3.63) is 0 Å². The van der Waals surface area contributed by atoms with E-state index in [1.54, 1.807) is 0 Å². The van der Waals surface area contributed by atoms with E-state index in [0.717, 1.165) is 32.4 Å². The van der Waals surface area contributed by atoms with Gasteiger partial charge in [0.05, 0.1) is 11.9 Å². The van der Waals surface area contributed by atoms with Gasteiger partial charge in [0.2, 0.25) is 10.0 Å². The highest BCUT2D eigenvalue weighted by atomic mass is 32.2. The van der Waals surface area contributed by atoms with Gasteiger partial charge in [-0.2, -0.15) is 0 Å². The second kappa shape index (κ2) is 7.21. The predicted molar refractivity (Wildman–Crippen MR) is 63.9 cm³/mol. The molecule has 1 saturated heterocycles. The molecular weight excluding hydrogens is 228 g/mol. The first-order valence-corrected chi connectivity index (χ1v) is 7.59. The molecule has 0 aromatic rings. The van der Waals surface area contributed by atoms with Crippen molar-refractivity contribution in [1.29, 1.82) is 0 Å². The predicted octanol–water partition coefficient (Wildman–Crippen LogP) is 0.0844. The van der Waals surface area contributed by atoms with E-state index >= 15 is 0 Å². The zero-order valence-corrected chi connectivity index (χ0v) is 10.7. The number of sulfonamides is 1. The van der Waals surface area contributed by atoms with Crippen molar-refractivity contribution in [2.45, 2.75) is 32.3 Å². The van der Waals surface area contributed by atoms with Gasteiger partial charge in [-0.15, -0.1) is 0 Å². The first kappa shape index (κ1) is 13.9. The van der Waals surface area contributed by atoms with Gasteiger partial charge >= 0.3 is 0 Å². The van der Waals surface area contributed by atoms with E-state index in [4.69, 9.17) is 4.74 Å². The van der Waals surface area contributed by atoms with Crippen LogP contribution in [0.5, 0.6) is 0 Å². The molecule has 1 unspecified atom stereocenters. The fourth-order valence-electron chi connectivity index (χ4n) is 1.70. The fraction of sp³-hybridized carbons (Fsp3) is 1.00. The quantitative estimate of drug-likeness (QED) is 0.599. The topological polar surface area (TPSA) is 67.4 Å². The van der Waals surface area contributed by atoms with Crippen molar-refractivity contribution < 1.29 is 13.2 Å². The second-order valence-electron chi connectivity index (χ2n) is 4.02. The smallest absolute Gasteiger partial charge is 0.214 e. The Balaban J connectivity index is 2.13. The van der Waals surface area contributed by atoms with E-state index in [2.05, 4.69) is 10.0 Å². The van der Waals surface area contributed by atoms with Gasteiger partial charge < -0.3 is 10.1 Å². The van der Waals surface area contributed by atoms with Crippen LogP contribution in [0.1, 0.15) is 26.2 Å². The lowest BCUT2D eigenvalue weighted by Gasteiger charge is -2.11. The molecule has 96 valence electrons. The van der Waals surface area contributed by atoms with Crippen LogP contribution in [0.4, 0.5) is 0 Å². The van der Waals surface area contributed by atoms with Crippen molar-refractivity contribution in [1.82, 2.24) is 10.0 Å². The van der Waals surface area contributed by atoms with Crippen LogP contribution in [0.2, 0.25) is 0 Å². The molecule has 1 atom stereocenters. The molecule has 1 aliphatic heterocycles. The second-order valence-corrected chi connectivity index (χ2v) is 5.87. The molecule has 1 fully saturated rings. The Labute approximate surface area is 98.0 Å². The maximum absolute atomic E-state index is 11.6. The van der Waals surface area contributed by atoms with E-state index in [1.165, 1.54) is 0 Å². The molecule has 0 amide bonds. The third kappa shape index (κ3) is 5.79. The first-order valence-electron chi connectivity index (χ1n) is 5.93. The number of hydrogen-bond acceptors (Lipinski definition) is 4. The summed E-state index contributed by atoms with van der Waals surface area (Å²) in [6.45, 7) is 4.99. The largest absolute Gasteiger partial charge is 0.377 e. The summed E-state index contributed by atoms with van der Waals surface area (Å²) >= 11 is 0. The first-order chi connectivity index (χ1) is 7.64. The third-order valence-corrected chi connectivity index (χ3v) is 3.99. The molecule has 1 aliphatic rings. The molecule has 0 bridgehead atoms. The van der Waals surface area contributed by atoms with Gasteiger partial charge in [-0.05, 0) is 32.4 Å². The van der Waals surface area contributed by atoms with E-state index in [1.807, 2.05) is 6.92 Å². The Kier molecular flexibility index (Phi) is 6.26. The van der Waals surface area contributed by atoms with Crippen LogP contribution in [0.15, 0.2) is 0 Å². The van der Waals surface area contributed by atoms with Crippen molar-refractivity contribution in [3.8, 4) is 0 Å². The van der Waals surface area contributed by atoms with Crippen molar-refractivity contribution in [2.24, 2.45) is 0 Å². The molecule has 1 rings (SSSR count). The van der Waals surface area contributed by atoms with E-state index in [-0.39, 0.29) is 11.9 Å². The van der Waals surface area contributed by atoms with Crippen molar-refractivity contribution in [2.75, 3.05) is 32.0 Å². The van der Waals surface area contributed by atoms with Crippen LogP contribution in [0.3, 0.4) is 0 Å². The van der Waals surface area contributed by atoms with Gasteiger partial charge in [0.25, 0.3) is 0 Å². The number of ether oxygens (including phenoxy) is 1. The summed E-state index contributed by atoms with van der Waals surface area (Å²) in [5, 5.41) is 3.15. The monoisotopic (exact) mass is 250 g/mol. The lowest BCUT2D eigenvalue weighted by Crippen LogP contribution is -2.33. The number of rotatable bonds is 8. The molecule has 6 heteroatoms. The van der Waals surface area contributed by atoms with Gasteiger partial charge in [0, 0.05) is 13.2 Å². The minimum absolute atomic E-state index is 0.105. The number of nitrogens with one attached hydrogen (secondary N) is 2. The summed E-state index contributed by atoms with van der Waals surface area (Å²) in [7, 11) is -3.15. The molecule has 0 spiro atoms. The van der Waals surface area contributed by atoms with Crippen LogP contribution < -0.4 is 10.0 Å². The summed E-state index contributed by atoms with van der Waals surface area (Å²) < 4.78 is 31.1. The maximum Gasteiger partial charge on any atom is 0.214 e. The molecule has 1 heterocycles. The minimum atomic E-state index is -3.15. The fourth-order valence-corrected chi connectivity index (χ4v) is 3.02. The Bertz CT molecular complexity index is 274. The van der Waals surface area contributed by atoms with Gasteiger partial charge in [-0.1, -0.05) is 6.92 Å². The molecule has 0 aliphatic carbocycles. The van der Waals surface area contributed by atoms with Gasteiger partial charge in [-0.3, -0.25) is 0 Å². The van der Waals surface area contributed by atoms with E-state index in [0.29, 0.717) is 13.2 Å². The van der Waals surface area contributed by atoms with Gasteiger partial charge in [0.1, 0.15) is 0 Å². The lowest BCUT2D eigenvalue weighted by molar-refractivity contribution is 0.127. The summed E-state index contributed by atoms with van der Waals surface area (Å²) in [6.07, 6.45) is 2.54. The number of hydrogen-bond donors (Lipinski definition) is 2. The van der Waals surface area contributed by atoms with Crippen LogP contribution in [0, 0.1) is 0 Å². The van der Waals surface area contributed by atoms with Crippen LogP contribution in [-0.4, -0.2) is 46.5 Å².